The number of hydrogen-bond donors (Lipinski definition) is 2. The lowest BCUT2D eigenvalue weighted by molar-refractivity contribution is 0.0983. The summed E-state index contributed by atoms with van der Waals surface area (Å²) in [5.41, 5.74) is 7.99. The zero-order valence-electron chi connectivity index (χ0n) is 14.5. The average Bonchev–Trinajstić information content (AvgIpc) is 3.07. The zero-order valence-corrected chi connectivity index (χ0v) is 14.5. The summed E-state index contributed by atoms with van der Waals surface area (Å²) in [5.74, 6) is 1.22. The van der Waals surface area contributed by atoms with Crippen LogP contribution in [0.25, 0.3) is 5.95 Å². The zero-order chi connectivity index (χ0) is 18.3. The molecule has 3 N–H and O–H groups in total. The Hall–Kier alpha value is -2.88. The van der Waals surface area contributed by atoms with Crippen molar-refractivity contribution in [3.8, 4) is 5.95 Å². The second-order valence-corrected chi connectivity index (χ2v) is 6.56. The molecular weight excluding hydrogens is 338 g/mol. The number of rotatable bonds is 2. The second-order valence-electron chi connectivity index (χ2n) is 6.56. The Kier molecular flexibility index (Phi) is 4.11. The number of hydrogen-bond acceptors (Lipinski definition) is 7. The fourth-order valence-electron chi connectivity index (χ4n) is 3.39. The number of aromatic nitrogens is 4. The first kappa shape index (κ1) is 16.6. The monoisotopic (exact) mass is 359 g/mol. The van der Waals surface area contributed by atoms with Crippen LogP contribution in [0.4, 0.5) is 16.3 Å². The number of anilines is 2. The van der Waals surface area contributed by atoms with Crippen LogP contribution in [-0.2, 0) is 17.7 Å². The lowest BCUT2D eigenvalue weighted by Gasteiger charge is -2.37. The van der Waals surface area contributed by atoms with Crippen LogP contribution >= 0.6 is 0 Å². The molecule has 4 heterocycles. The number of morpholine rings is 1. The Morgan fingerprint density at radius 1 is 1.38 bits per heavy atom. The summed E-state index contributed by atoms with van der Waals surface area (Å²) < 4.78 is 7.06. The quantitative estimate of drug-likeness (QED) is 0.795. The first-order valence-corrected chi connectivity index (χ1v) is 8.55. The number of ether oxygens (including phenoxy) is 1. The third kappa shape index (κ3) is 2.92. The van der Waals surface area contributed by atoms with Crippen molar-refractivity contribution in [2.75, 3.05) is 36.9 Å². The molecule has 0 radical (unpaired) electrons. The van der Waals surface area contributed by atoms with Gasteiger partial charge in [0.25, 0.3) is 5.95 Å². The number of nitrogens with two attached hydrogens (primary N) is 1. The highest BCUT2D eigenvalue weighted by Crippen LogP contribution is 2.29. The van der Waals surface area contributed by atoms with Gasteiger partial charge in [-0.25, -0.2) is 14.5 Å². The van der Waals surface area contributed by atoms with Crippen molar-refractivity contribution < 1.29 is 14.6 Å². The van der Waals surface area contributed by atoms with Gasteiger partial charge in [0.05, 0.1) is 49.6 Å². The van der Waals surface area contributed by atoms with Crippen molar-refractivity contribution in [2.24, 2.45) is 0 Å². The largest absolute Gasteiger partial charge is 0.465 e. The molecule has 1 fully saturated rings. The van der Waals surface area contributed by atoms with E-state index in [4.69, 9.17) is 15.5 Å². The summed E-state index contributed by atoms with van der Waals surface area (Å²) in [4.78, 5) is 24.3. The van der Waals surface area contributed by atoms with Gasteiger partial charge in [-0.1, -0.05) is 0 Å². The number of carboxylic acid groups (broad SMARTS) is 1. The number of amides is 1. The Morgan fingerprint density at radius 3 is 2.92 bits per heavy atom. The molecule has 0 aromatic carbocycles. The Morgan fingerprint density at radius 2 is 2.23 bits per heavy atom. The molecule has 2 aliphatic rings. The van der Waals surface area contributed by atoms with Gasteiger partial charge < -0.3 is 25.4 Å². The SMILES string of the molecule is CC1COCCN1c1nc(-n2cc(N)cn2)nc2c1CCN(C(=O)O)C2. The van der Waals surface area contributed by atoms with E-state index in [0.29, 0.717) is 43.5 Å². The van der Waals surface area contributed by atoms with Crippen molar-refractivity contribution in [3.05, 3.63) is 23.7 Å². The second kappa shape index (κ2) is 6.45. The molecule has 138 valence electrons. The van der Waals surface area contributed by atoms with E-state index >= 15 is 0 Å². The van der Waals surface area contributed by atoms with Gasteiger partial charge in [0.1, 0.15) is 5.82 Å². The normalized spacial score (nSPS) is 20.1. The molecular formula is C16H21N7O3. The maximum Gasteiger partial charge on any atom is 0.407 e. The van der Waals surface area contributed by atoms with Crippen molar-refractivity contribution in [1.29, 1.82) is 0 Å². The van der Waals surface area contributed by atoms with Gasteiger partial charge in [-0.3, -0.25) is 0 Å². The Labute approximate surface area is 150 Å². The Bertz CT molecular complexity index is 837. The van der Waals surface area contributed by atoms with E-state index in [-0.39, 0.29) is 12.6 Å². The van der Waals surface area contributed by atoms with Crippen molar-refractivity contribution in [2.45, 2.75) is 25.9 Å². The molecule has 4 rings (SSSR count). The Balaban J connectivity index is 1.81. The molecule has 1 amide bonds. The lowest BCUT2D eigenvalue weighted by atomic mass is 10.0. The standard InChI is InChI=1S/C16H21N7O3/c1-10-9-26-5-4-22(10)14-12-2-3-21(16(24)25)8-13(12)19-15(20-14)23-7-11(17)6-18-23/h6-7,10H,2-5,8-9,17H2,1H3,(H,24,25). The maximum absolute atomic E-state index is 11.4. The summed E-state index contributed by atoms with van der Waals surface area (Å²) in [6, 6.07) is 0.177. The van der Waals surface area contributed by atoms with Gasteiger partial charge in [0.15, 0.2) is 0 Å². The van der Waals surface area contributed by atoms with E-state index in [1.165, 1.54) is 15.8 Å². The maximum atomic E-state index is 11.4. The van der Waals surface area contributed by atoms with E-state index in [2.05, 4.69) is 21.9 Å². The smallest absolute Gasteiger partial charge is 0.407 e. The van der Waals surface area contributed by atoms with Gasteiger partial charge in [-0.05, 0) is 13.3 Å². The van der Waals surface area contributed by atoms with Gasteiger partial charge in [0, 0.05) is 18.7 Å². The van der Waals surface area contributed by atoms with Crippen molar-refractivity contribution in [1.82, 2.24) is 24.6 Å². The van der Waals surface area contributed by atoms with Crippen molar-refractivity contribution in [3.63, 3.8) is 0 Å². The molecule has 0 spiro atoms. The van der Waals surface area contributed by atoms with Gasteiger partial charge in [-0.15, -0.1) is 0 Å². The minimum Gasteiger partial charge on any atom is -0.465 e. The molecule has 2 aliphatic heterocycles. The van der Waals surface area contributed by atoms with E-state index < -0.39 is 6.09 Å². The summed E-state index contributed by atoms with van der Waals surface area (Å²) in [7, 11) is 0. The van der Waals surface area contributed by atoms with Crippen molar-refractivity contribution >= 4 is 17.6 Å². The van der Waals surface area contributed by atoms with Crippen LogP contribution in [0.15, 0.2) is 12.4 Å². The van der Waals surface area contributed by atoms with Gasteiger partial charge in [0.2, 0.25) is 0 Å². The summed E-state index contributed by atoms with van der Waals surface area (Å²) in [5, 5.41) is 13.5. The topological polar surface area (TPSA) is 123 Å². The minimum absolute atomic E-state index is 0.177. The molecule has 0 bridgehead atoms. The van der Waals surface area contributed by atoms with Crippen LogP contribution in [0.2, 0.25) is 0 Å². The van der Waals surface area contributed by atoms with Crippen LogP contribution in [0.1, 0.15) is 18.2 Å². The highest BCUT2D eigenvalue weighted by atomic mass is 16.5. The van der Waals surface area contributed by atoms with E-state index in [1.54, 1.807) is 6.20 Å². The van der Waals surface area contributed by atoms with Gasteiger partial charge >= 0.3 is 6.09 Å². The van der Waals surface area contributed by atoms with E-state index in [1.807, 2.05) is 0 Å². The molecule has 1 atom stereocenters. The molecule has 26 heavy (non-hydrogen) atoms. The fourth-order valence-corrected chi connectivity index (χ4v) is 3.39. The first-order valence-electron chi connectivity index (χ1n) is 8.55. The molecule has 1 unspecified atom stereocenters. The number of carbonyl (C=O) groups is 1. The summed E-state index contributed by atoms with van der Waals surface area (Å²) >= 11 is 0. The van der Waals surface area contributed by atoms with Crippen LogP contribution in [0.3, 0.4) is 0 Å². The molecule has 10 heteroatoms. The van der Waals surface area contributed by atoms with Crippen LogP contribution in [0, 0.1) is 0 Å². The molecule has 1 saturated heterocycles. The third-order valence-electron chi connectivity index (χ3n) is 4.75. The molecule has 10 nitrogen and oxygen atoms in total. The predicted octanol–water partition coefficient (Wildman–Crippen LogP) is 0.506. The summed E-state index contributed by atoms with van der Waals surface area (Å²) in [6.45, 7) is 4.76. The number of fused-ring (bicyclic) bond motifs is 1. The molecule has 0 aliphatic carbocycles. The molecule has 2 aromatic heterocycles. The minimum atomic E-state index is -0.944. The summed E-state index contributed by atoms with van der Waals surface area (Å²) in [6.07, 6.45) is 2.82. The number of nitrogen functional groups attached to an aromatic ring is 1. The molecule has 2 aromatic rings. The average molecular weight is 359 g/mol. The predicted molar refractivity (Wildman–Crippen MR) is 93.3 cm³/mol. The first-order chi connectivity index (χ1) is 12.5. The third-order valence-corrected chi connectivity index (χ3v) is 4.75. The molecule has 0 saturated carbocycles. The highest BCUT2D eigenvalue weighted by molar-refractivity contribution is 5.66. The van der Waals surface area contributed by atoms with E-state index in [9.17, 15) is 9.90 Å². The highest BCUT2D eigenvalue weighted by Gasteiger charge is 2.30. The van der Waals surface area contributed by atoms with E-state index in [0.717, 1.165) is 17.9 Å². The van der Waals surface area contributed by atoms with Gasteiger partial charge in [-0.2, -0.15) is 10.1 Å². The number of nitrogens with zero attached hydrogens (tertiary/aromatic N) is 6. The fraction of sp³-hybridized carbons (Fsp3) is 0.500. The van der Waals surface area contributed by atoms with Crippen LogP contribution in [0.5, 0.6) is 0 Å². The van der Waals surface area contributed by atoms with Crippen LogP contribution in [-0.4, -0.2) is 68.2 Å². The lowest BCUT2D eigenvalue weighted by Crippen LogP contribution is -2.46. The van der Waals surface area contributed by atoms with Crippen LogP contribution < -0.4 is 10.6 Å².